The first-order valence-electron chi connectivity index (χ1n) is 11.5. The number of rotatable bonds is 8. The summed E-state index contributed by atoms with van der Waals surface area (Å²) in [6.07, 6.45) is 3.74. The van der Waals surface area contributed by atoms with Crippen LogP contribution in [0, 0.1) is 12.8 Å². The molecule has 30 heavy (non-hydrogen) atoms. The molecule has 0 aliphatic carbocycles. The van der Waals surface area contributed by atoms with Crippen LogP contribution in [0.2, 0.25) is 0 Å². The van der Waals surface area contributed by atoms with Crippen molar-refractivity contribution < 1.29 is 0 Å². The topological polar surface area (TPSA) is 47.0 Å². The number of hydrogen-bond acceptors (Lipinski definition) is 5. The maximum Gasteiger partial charge on any atom is 0.193 e. The van der Waals surface area contributed by atoms with Gasteiger partial charge in [0.15, 0.2) is 5.96 Å². The highest BCUT2D eigenvalue weighted by Crippen LogP contribution is 2.21. The molecule has 6 nitrogen and oxygen atoms in total. The molecule has 0 bridgehead atoms. The zero-order chi connectivity index (χ0) is 20.6. The first kappa shape index (κ1) is 25.8. The van der Waals surface area contributed by atoms with Crippen LogP contribution >= 0.6 is 35.3 Å². The Morgan fingerprint density at radius 2 is 1.93 bits per heavy atom. The molecule has 0 spiro atoms. The second kappa shape index (κ2) is 13.2. The number of likely N-dealkylation sites (N-methyl/N-ethyl adjacent to an activating group) is 1. The third kappa shape index (κ3) is 7.31. The number of aromatic nitrogens is 1. The summed E-state index contributed by atoms with van der Waals surface area (Å²) >= 11 is 1.76. The molecular weight excluding hydrogens is 507 g/mol. The summed E-state index contributed by atoms with van der Waals surface area (Å²) in [4.78, 5) is 17.3. The Morgan fingerprint density at radius 3 is 2.53 bits per heavy atom. The minimum atomic E-state index is 0. The molecule has 0 amide bonds. The van der Waals surface area contributed by atoms with Crippen molar-refractivity contribution in [2.75, 3.05) is 52.4 Å². The minimum Gasteiger partial charge on any atom is -0.357 e. The summed E-state index contributed by atoms with van der Waals surface area (Å²) in [5.41, 5.74) is 1.23. The average molecular weight is 549 g/mol. The maximum absolute atomic E-state index is 5.06. The van der Waals surface area contributed by atoms with E-state index in [4.69, 9.17) is 4.99 Å². The lowest BCUT2D eigenvalue weighted by Crippen LogP contribution is -2.43. The fourth-order valence-electron chi connectivity index (χ4n) is 4.65. The van der Waals surface area contributed by atoms with Crippen molar-refractivity contribution in [1.82, 2.24) is 25.0 Å². The fraction of sp³-hybridized carbons (Fsp3) is 0.818. The van der Waals surface area contributed by atoms with Crippen molar-refractivity contribution in [1.29, 1.82) is 0 Å². The van der Waals surface area contributed by atoms with Crippen LogP contribution in [0.25, 0.3) is 0 Å². The molecule has 8 heteroatoms. The molecule has 2 aliphatic rings. The third-order valence-corrected chi connectivity index (χ3v) is 7.21. The number of aryl methyl sites for hydroxylation is 1. The second-order valence-corrected chi connectivity index (χ2v) is 9.44. The molecule has 3 heterocycles. The molecule has 1 N–H and O–H groups in total. The van der Waals surface area contributed by atoms with Crippen molar-refractivity contribution in [2.45, 2.75) is 59.5 Å². The largest absolute Gasteiger partial charge is 0.357 e. The number of hydrogen-bond donors (Lipinski definition) is 1. The molecule has 2 fully saturated rings. The van der Waals surface area contributed by atoms with Gasteiger partial charge in [-0.2, -0.15) is 0 Å². The van der Waals surface area contributed by atoms with Gasteiger partial charge in [0.2, 0.25) is 0 Å². The number of halogens is 1. The molecule has 0 radical (unpaired) electrons. The molecule has 1 aromatic heterocycles. The zero-order valence-corrected chi connectivity index (χ0v) is 22.4. The molecule has 1 unspecified atom stereocenters. The Bertz CT molecular complexity index is 639. The maximum atomic E-state index is 5.06. The van der Waals surface area contributed by atoms with E-state index in [-0.39, 0.29) is 24.0 Å². The van der Waals surface area contributed by atoms with Crippen molar-refractivity contribution in [3.8, 4) is 0 Å². The molecule has 2 aliphatic heterocycles. The standard InChI is InChI=1S/C22H40N6S.HI/c1-5-23-22(28-13-10-21(16-28)27(6-2)7-3)24-14-19-8-11-26(12-9-19)15-20-17-29-18(4)25-20;/h17,19,21H,5-16H2,1-4H3,(H,23,24);1H. The first-order valence-corrected chi connectivity index (χ1v) is 12.4. The van der Waals surface area contributed by atoms with Crippen LogP contribution in [-0.4, -0.2) is 84.0 Å². The van der Waals surface area contributed by atoms with E-state index in [0.717, 1.165) is 51.8 Å². The van der Waals surface area contributed by atoms with Crippen LogP contribution in [0.15, 0.2) is 10.4 Å². The van der Waals surface area contributed by atoms with Crippen LogP contribution in [-0.2, 0) is 6.54 Å². The number of guanidine groups is 1. The summed E-state index contributed by atoms with van der Waals surface area (Å²) in [7, 11) is 0. The number of aliphatic imine (C=N–C) groups is 1. The summed E-state index contributed by atoms with van der Waals surface area (Å²) < 4.78 is 0. The van der Waals surface area contributed by atoms with E-state index in [9.17, 15) is 0 Å². The molecule has 172 valence electrons. The summed E-state index contributed by atoms with van der Waals surface area (Å²) in [6, 6.07) is 0.673. The summed E-state index contributed by atoms with van der Waals surface area (Å²) in [5, 5.41) is 6.92. The second-order valence-electron chi connectivity index (χ2n) is 8.38. The van der Waals surface area contributed by atoms with Gasteiger partial charge >= 0.3 is 0 Å². The van der Waals surface area contributed by atoms with E-state index in [2.05, 4.69) is 58.1 Å². The number of piperidine rings is 1. The third-order valence-electron chi connectivity index (χ3n) is 6.39. The number of nitrogens with one attached hydrogen (secondary N) is 1. The normalized spacial score (nSPS) is 21.3. The Hall–Kier alpha value is -0.450. The molecule has 0 saturated carbocycles. The van der Waals surface area contributed by atoms with Gasteiger partial charge in [-0.3, -0.25) is 14.8 Å². The van der Waals surface area contributed by atoms with Crippen molar-refractivity contribution in [2.24, 2.45) is 10.9 Å². The van der Waals surface area contributed by atoms with Gasteiger partial charge in [-0.1, -0.05) is 13.8 Å². The van der Waals surface area contributed by atoms with Gasteiger partial charge in [-0.15, -0.1) is 35.3 Å². The Kier molecular flexibility index (Phi) is 11.3. The van der Waals surface area contributed by atoms with Crippen LogP contribution in [0.4, 0.5) is 0 Å². The highest BCUT2D eigenvalue weighted by atomic mass is 127. The van der Waals surface area contributed by atoms with Crippen LogP contribution in [0.1, 0.15) is 50.7 Å². The molecular formula is C22H41IN6S. The van der Waals surface area contributed by atoms with Crippen LogP contribution < -0.4 is 5.32 Å². The summed E-state index contributed by atoms with van der Waals surface area (Å²) in [5.74, 6) is 1.83. The monoisotopic (exact) mass is 548 g/mol. The Labute approximate surface area is 204 Å². The Balaban J connectivity index is 0.00000320. The fourth-order valence-corrected chi connectivity index (χ4v) is 5.25. The SMILES string of the molecule is CCNC(=NCC1CCN(Cc2csc(C)n2)CC1)N1CCC(N(CC)CC)C1.I. The highest BCUT2D eigenvalue weighted by Gasteiger charge is 2.28. The number of thiazole rings is 1. The molecule has 1 aromatic rings. The van der Waals surface area contributed by atoms with Crippen LogP contribution in [0.3, 0.4) is 0 Å². The number of likely N-dealkylation sites (tertiary alicyclic amines) is 2. The smallest absolute Gasteiger partial charge is 0.193 e. The van der Waals surface area contributed by atoms with E-state index in [1.54, 1.807) is 11.3 Å². The predicted octanol–water partition coefficient (Wildman–Crippen LogP) is 3.66. The van der Waals surface area contributed by atoms with Gasteiger partial charge in [-0.25, -0.2) is 4.98 Å². The lowest BCUT2D eigenvalue weighted by molar-refractivity contribution is 0.179. The lowest BCUT2D eigenvalue weighted by atomic mass is 9.97. The summed E-state index contributed by atoms with van der Waals surface area (Å²) in [6.45, 7) is 18.6. The van der Waals surface area contributed by atoms with Crippen molar-refractivity contribution >= 4 is 41.3 Å². The average Bonchev–Trinajstić information content (AvgIpc) is 3.37. The highest BCUT2D eigenvalue weighted by molar-refractivity contribution is 14.0. The first-order chi connectivity index (χ1) is 14.1. The van der Waals surface area contributed by atoms with E-state index in [0.29, 0.717) is 12.0 Å². The number of nitrogens with zero attached hydrogens (tertiary/aromatic N) is 5. The molecule has 0 aromatic carbocycles. The van der Waals surface area contributed by atoms with Crippen molar-refractivity contribution in [3.63, 3.8) is 0 Å². The molecule has 2 saturated heterocycles. The van der Waals surface area contributed by atoms with Gasteiger partial charge < -0.3 is 10.2 Å². The molecule has 3 rings (SSSR count). The van der Waals surface area contributed by atoms with Crippen molar-refractivity contribution in [3.05, 3.63) is 16.1 Å². The quantitative estimate of drug-likeness (QED) is 0.305. The van der Waals surface area contributed by atoms with E-state index < -0.39 is 0 Å². The van der Waals surface area contributed by atoms with Gasteiger partial charge in [0.1, 0.15) is 0 Å². The van der Waals surface area contributed by atoms with E-state index in [1.165, 1.54) is 43.1 Å². The minimum absolute atomic E-state index is 0. The van der Waals surface area contributed by atoms with E-state index in [1.807, 2.05) is 0 Å². The zero-order valence-electron chi connectivity index (χ0n) is 19.3. The lowest BCUT2D eigenvalue weighted by Gasteiger charge is -2.31. The van der Waals surface area contributed by atoms with E-state index >= 15 is 0 Å². The van der Waals surface area contributed by atoms with Crippen LogP contribution in [0.5, 0.6) is 0 Å². The van der Waals surface area contributed by atoms with Gasteiger partial charge in [0.05, 0.1) is 10.7 Å². The van der Waals surface area contributed by atoms with Gasteiger partial charge in [-0.05, 0) is 65.2 Å². The van der Waals surface area contributed by atoms with Gasteiger partial charge in [0.25, 0.3) is 0 Å². The van der Waals surface area contributed by atoms with Gasteiger partial charge in [0, 0.05) is 44.1 Å². The Morgan fingerprint density at radius 1 is 1.20 bits per heavy atom. The predicted molar refractivity (Wildman–Crippen MR) is 139 cm³/mol. The molecule has 1 atom stereocenters.